The molecule has 2 fully saturated rings. The van der Waals surface area contributed by atoms with E-state index < -0.39 is 18.0 Å². The molecule has 0 saturated heterocycles. The fraction of sp³-hybridized carbons (Fsp3) is 0.360. The van der Waals surface area contributed by atoms with E-state index in [1.165, 1.54) is 151 Å². The molecule has 0 heterocycles. The zero-order valence-electron chi connectivity index (χ0n) is 33.9. The third-order valence-corrected chi connectivity index (χ3v) is 13.7. The van der Waals surface area contributed by atoms with Gasteiger partial charge >= 0.3 is 67.1 Å². The van der Waals surface area contributed by atoms with Crippen molar-refractivity contribution < 1.29 is 61.3 Å². The average molecular weight is 901 g/mol. The molecule has 7 heteroatoms. The van der Waals surface area contributed by atoms with Crippen LogP contribution < -0.4 is 45.7 Å². The molecule has 8 rings (SSSR count). The van der Waals surface area contributed by atoms with E-state index in [9.17, 15) is 13.2 Å². The largest absolute Gasteiger partial charge is 1.00 e. The Morgan fingerprint density at radius 3 is 1.32 bits per heavy atom. The molecule has 0 aromatic heterocycles. The Morgan fingerprint density at radius 2 is 1.00 bits per heavy atom. The molecule has 0 bridgehead atoms. The van der Waals surface area contributed by atoms with Crippen LogP contribution in [-0.2, 0) is 23.3 Å². The van der Waals surface area contributed by atoms with Crippen molar-refractivity contribution in [3.8, 4) is 22.3 Å². The molecule has 298 valence electrons. The van der Waals surface area contributed by atoms with Gasteiger partial charge in [-0.05, 0) is 50.7 Å². The van der Waals surface area contributed by atoms with Crippen molar-refractivity contribution in [1.29, 1.82) is 0 Å². The summed E-state index contributed by atoms with van der Waals surface area (Å²) in [7, 11) is 0. The minimum Gasteiger partial charge on any atom is -1.00 e. The van der Waals surface area contributed by atoms with Crippen LogP contribution in [0.3, 0.4) is 0 Å². The number of halogens is 5. The predicted octanol–water partition coefficient (Wildman–Crippen LogP) is 5.19. The van der Waals surface area contributed by atoms with Crippen molar-refractivity contribution in [2.75, 3.05) is 0 Å². The summed E-state index contributed by atoms with van der Waals surface area (Å²) in [6.45, 7) is 10.6. The van der Waals surface area contributed by atoms with Crippen LogP contribution in [0.25, 0.3) is 46.6 Å². The molecule has 4 aromatic rings. The van der Waals surface area contributed by atoms with Crippen LogP contribution in [-0.4, -0.2) is 11.6 Å². The average Bonchev–Trinajstić information content (AvgIpc) is 3.95. The third kappa shape index (κ3) is 13.7. The maximum atomic E-state index is 11.4. The Labute approximate surface area is 366 Å². The number of allylic oxidation sites excluding steroid dienone is 4. The fourth-order valence-corrected chi connectivity index (χ4v) is 9.96. The van der Waals surface area contributed by atoms with Crippen molar-refractivity contribution >= 4 is 29.7 Å². The molecule has 0 spiro atoms. The Bertz CT molecular complexity index is 2170. The summed E-state index contributed by atoms with van der Waals surface area (Å²) in [5.41, 5.74) is 12.6. The van der Waals surface area contributed by atoms with Gasteiger partial charge in [0.1, 0.15) is 0 Å². The molecule has 2 saturated carbocycles. The second-order valence-corrected chi connectivity index (χ2v) is 24.4. The maximum Gasteiger partial charge on any atom is -0.0254 e. The number of aryl methyl sites for hydroxylation is 4. The van der Waals surface area contributed by atoms with Crippen molar-refractivity contribution in [3.05, 3.63) is 139 Å². The number of fused-ring (bicyclic) bond motifs is 2. The number of hydrogen-bond acceptors (Lipinski definition) is 0. The first-order chi connectivity index (χ1) is 26.3. The monoisotopic (exact) mass is 898 g/mol. The molecule has 0 radical (unpaired) electrons. The normalized spacial score (nSPS) is 17.0. The summed E-state index contributed by atoms with van der Waals surface area (Å²) in [6, 6.07) is 27.2. The fourth-order valence-electron chi connectivity index (χ4n) is 8.38. The van der Waals surface area contributed by atoms with E-state index in [0.29, 0.717) is 6.04 Å². The van der Waals surface area contributed by atoms with E-state index in [-0.39, 0.29) is 24.8 Å². The number of hydrogen-bond donors (Lipinski definition) is 0. The SMILES string of the molecule is C[Si](=[Zr+2])CCC(F)(F)F.Cc1cc(C)cc(-c2cccc3c2=CC(=CC2CCCC2)[C-]=3)c1.Cc1cc(C)cc(-c2cccc3c2=CC(=CC2CCCC2)[C-]=3)c1.[Cl-].[Cl-]. The van der Waals surface area contributed by atoms with Gasteiger partial charge in [0.25, 0.3) is 0 Å². The van der Waals surface area contributed by atoms with E-state index in [4.69, 9.17) is 0 Å². The van der Waals surface area contributed by atoms with Crippen molar-refractivity contribution in [3.63, 3.8) is 0 Å². The Balaban J connectivity index is 0.000000204. The molecular formula is C50H53Cl2F3SiZr-2. The molecule has 57 heavy (non-hydrogen) atoms. The van der Waals surface area contributed by atoms with Crippen molar-refractivity contribution in [2.45, 2.75) is 104 Å². The standard InChI is InChI=1S/2C23H23.C4H7F3Si.2ClH.Zr/c2*1-16-10-17(2)12-21(11-16)22-9-5-8-20-14-19(15-23(20)22)13-18-6-3-4-7-18;1-8-3-2-4(5,6)7;;;/h2*5,8-13,15,18H,3-4,6-7H2,1-2H3;2-3H2,1H3;2*1H;/q2*-1;;;;+2/p-2. The Morgan fingerprint density at radius 1 is 0.632 bits per heavy atom. The predicted molar refractivity (Wildman–Crippen MR) is 224 cm³/mol. The number of benzene rings is 4. The molecule has 4 aliphatic carbocycles. The smallest absolute Gasteiger partial charge is 0.0254 e. The van der Waals surface area contributed by atoms with Crippen molar-refractivity contribution in [1.82, 2.24) is 0 Å². The number of rotatable bonds is 6. The summed E-state index contributed by atoms with van der Waals surface area (Å²) in [5, 5.41) is 5.15. The molecule has 0 atom stereocenters. The van der Waals surface area contributed by atoms with E-state index in [1.807, 2.05) is 6.55 Å². The Kier molecular flexibility index (Phi) is 17.8. The maximum absolute atomic E-state index is 11.4. The van der Waals surface area contributed by atoms with Gasteiger partial charge in [0.2, 0.25) is 0 Å². The quantitative estimate of drug-likeness (QED) is 0.185. The van der Waals surface area contributed by atoms with Crippen molar-refractivity contribution in [2.24, 2.45) is 11.8 Å². The summed E-state index contributed by atoms with van der Waals surface area (Å²) in [6.07, 6.45) is 23.2. The zero-order valence-corrected chi connectivity index (χ0v) is 38.8. The molecule has 4 aliphatic rings. The van der Waals surface area contributed by atoms with E-state index >= 15 is 0 Å². The minimum atomic E-state index is -3.93. The topological polar surface area (TPSA) is 0 Å². The second-order valence-electron chi connectivity index (χ2n) is 16.1. The van der Waals surface area contributed by atoms with E-state index in [2.05, 4.69) is 137 Å². The molecule has 0 aliphatic heterocycles. The van der Waals surface area contributed by atoms with Crippen LogP contribution in [0.2, 0.25) is 12.6 Å². The van der Waals surface area contributed by atoms with Gasteiger partial charge in [-0.2, -0.15) is 0 Å². The molecule has 0 amide bonds. The van der Waals surface area contributed by atoms with Gasteiger partial charge in [0, 0.05) is 0 Å². The van der Waals surface area contributed by atoms with Gasteiger partial charge in [0.15, 0.2) is 0 Å². The zero-order chi connectivity index (χ0) is 39.1. The summed E-state index contributed by atoms with van der Waals surface area (Å²) in [4.78, 5) is 0. The number of alkyl halides is 3. The molecule has 0 nitrogen and oxygen atoms in total. The Hall–Kier alpha value is -2.69. The van der Waals surface area contributed by atoms with Gasteiger partial charge in [-0.15, -0.1) is 80.6 Å². The van der Waals surface area contributed by atoms with Crippen LogP contribution in [0.5, 0.6) is 0 Å². The van der Waals surface area contributed by atoms with Crippen LogP contribution in [0.4, 0.5) is 13.2 Å². The van der Waals surface area contributed by atoms with Crippen LogP contribution >= 0.6 is 0 Å². The summed E-state index contributed by atoms with van der Waals surface area (Å²) in [5.74, 6) is 1.51. The minimum absolute atomic E-state index is 0. The molecule has 4 aromatic carbocycles. The first kappa shape index (κ1) is 47.0. The van der Waals surface area contributed by atoms with Gasteiger partial charge in [-0.25, -0.2) is 0 Å². The van der Waals surface area contributed by atoms with Gasteiger partial charge < -0.3 is 24.8 Å². The second kappa shape index (κ2) is 21.5. The van der Waals surface area contributed by atoms with Crippen LogP contribution in [0.15, 0.2) is 96.1 Å². The van der Waals surface area contributed by atoms with Gasteiger partial charge in [0.05, 0.1) is 0 Å². The molecule has 0 unspecified atom stereocenters. The molecule has 0 N–H and O–H groups in total. The summed E-state index contributed by atoms with van der Waals surface area (Å²) < 4.78 is 34.3. The molecular weight excluding hydrogens is 848 g/mol. The van der Waals surface area contributed by atoms with E-state index in [1.54, 1.807) is 0 Å². The van der Waals surface area contributed by atoms with Crippen LogP contribution in [0.1, 0.15) is 80.0 Å². The van der Waals surface area contributed by atoms with Gasteiger partial charge in [-0.3, -0.25) is 0 Å². The first-order valence-corrected chi connectivity index (χ1v) is 25.9. The first-order valence-electron chi connectivity index (χ1n) is 20.0. The van der Waals surface area contributed by atoms with E-state index in [0.717, 1.165) is 11.8 Å². The van der Waals surface area contributed by atoms with Crippen LogP contribution in [0, 0.1) is 39.5 Å². The van der Waals surface area contributed by atoms with Gasteiger partial charge in [-0.1, -0.05) is 145 Å². The third-order valence-electron chi connectivity index (χ3n) is 10.8. The summed E-state index contributed by atoms with van der Waals surface area (Å²) >= 11 is 1.29.